The van der Waals surface area contributed by atoms with Gasteiger partial charge >= 0.3 is 0 Å². The van der Waals surface area contributed by atoms with Crippen molar-refractivity contribution in [1.29, 1.82) is 0 Å². The van der Waals surface area contributed by atoms with Gasteiger partial charge in [0.25, 0.3) is 5.91 Å². The highest BCUT2D eigenvalue weighted by atomic mass is 32.2. The minimum atomic E-state index is -3.78. The molecule has 6 nitrogen and oxygen atoms in total. The minimum Gasteiger partial charge on any atom is -0.336 e. The smallest absolute Gasteiger partial charge is 0.256 e. The number of piperazine rings is 1. The molecule has 0 unspecified atom stereocenters. The van der Waals surface area contributed by atoms with Crippen LogP contribution in [-0.2, 0) is 10.0 Å². The zero-order chi connectivity index (χ0) is 21.3. The van der Waals surface area contributed by atoms with Crippen LogP contribution in [0.1, 0.15) is 10.4 Å². The second kappa shape index (κ2) is 8.00. The van der Waals surface area contributed by atoms with E-state index in [1.54, 1.807) is 29.1 Å². The molecule has 3 aromatic rings. The largest absolute Gasteiger partial charge is 0.336 e. The lowest BCUT2D eigenvalue weighted by Gasteiger charge is -2.34. The quantitative estimate of drug-likeness (QED) is 0.638. The predicted octanol–water partition coefficient (Wildman–Crippen LogP) is 2.90. The average Bonchev–Trinajstić information content (AvgIpc) is 3.28. The summed E-state index contributed by atoms with van der Waals surface area (Å²) in [6.07, 6.45) is 3.52. The molecule has 1 aromatic heterocycles. The third-order valence-corrected chi connectivity index (χ3v) is 6.96. The van der Waals surface area contributed by atoms with E-state index in [0.29, 0.717) is 5.69 Å². The summed E-state index contributed by atoms with van der Waals surface area (Å²) in [5, 5.41) is 0. The van der Waals surface area contributed by atoms with E-state index in [0.717, 1.165) is 12.1 Å². The van der Waals surface area contributed by atoms with E-state index in [-0.39, 0.29) is 42.5 Å². The van der Waals surface area contributed by atoms with Gasteiger partial charge in [-0.1, -0.05) is 0 Å². The van der Waals surface area contributed by atoms with Crippen LogP contribution in [0, 0.1) is 11.6 Å². The number of carbonyl (C=O) groups is 1. The molecule has 30 heavy (non-hydrogen) atoms. The van der Waals surface area contributed by atoms with Crippen LogP contribution in [-0.4, -0.2) is 54.3 Å². The van der Waals surface area contributed by atoms with Crippen molar-refractivity contribution in [2.75, 3.05) is 26.2 Å². The van der Waals surface area contributed by atoms with Gasteiger partial charge in [-0.25, -0.2) is 17.2 Å². The van der Waals surface area contributed by atoms with Crippen molar-refractivity contribution in [1.82, 2.24) is 13.8 Å². The summed E-state index contributed by atoms with van der Waals surface area (Å²) < 4.78 is 55.4. The number of sulfonamides is 1. The van der Waals surface area contributed by atoms with Crippen LogP contribution in [0.2, 0.25) is 0 Å². The van der Waals surface area contributed by atoms with Gasteiger partial charge < -0.3 is 9.47 Å². The fourth-order valence-corrected chi connectivity index (χ4v) is 4.88. The highest BCUT2D eigenvalue weighted by Gasteiger charge is 2.31. The zero-order valence-electron chi connectivity index (χ0n) is 15.9. The Kier molecular flexibility index (Phi) is 5.40. The molecule has 1 aliphatic heterocycles. The molecule has 1 amide bonds. The van der Waals surface area contributed by atoms with Crippen molar-refractivity contribution in [3.8, 4) is 5.69 Å². The molecule has 1 aliphatic rings. The Morgan fingerprint density at radius 3 is 2.07 bits per heavy atom. The number of hydrogen-bond acceptors (Lipinski definition) is 3. The second-order valence-electron chi connectivity index (χ2n) is 6.90. The highest BCUT2D eigenvalue weighted by molar-refractivity contribution is 7.89. The number of amides is 1. The lowest BCUT2D eigenvalue weighted by atomic mass is 10.1. The second-order valence-corrected chi connectivity index (χ2v) is 8.84. The maximum absolute atomic E-state index is 13.9. The van der Waals surface area contributed by atoms with E-state index in [2.05, 4.69) is 0 Å². The number of hydrogen-bond donors (Lipinski definition) is 0. The van der Waals surface area contributed by atoms with Crippen LogP contribution in [0.4, 0.5) is 8.78 Å². The molecule has 156 valence electrons. The van der Waals surface area contributed by atoms with E-state index >= 15 is 0 Å². The molecular formula is C21H19F2N3O3S. The Morgan fingerprint density at radius 1 is 0.833 bits per heavy atom. The Balaban J connectivity index is 1.52. The monoisotopic (exact) mass is 431 g/mol. The van der Waals surface area contributed by atoms with Crippen LogP contribution in [0.3, 0.4) is 0 Å². The van der Waals surface area contributed by atoms with E-state index < -0.39 is 21.7 Å². The van der Waals surface area contributed by atoms with Crippen LogP contribution >= 0.6 is 0 Å². The normalized spacial score (nSPS) is 15.3. The van der Waals surface area contributed by atoms with Crippen LogP contribution in [0.25, 0.3) is 5.69 Å². The topological polar surface area (TPSA) is 62.6 Å². The van der Waals surface area contributed by atoms with Crippen molar-refractivity contribution in [3.05, 3.63) is 84.2 Å². The minimum absolute atomic E-state index is 0.00343. The first-order valence-corrected chi connectivity index (χ1v) is 10.8. The third kappa shape index (κ3) is 3.86. The van der Waals surface area contributed by atoms with Gasteiger partial charge in [-0.2, -0.15) is 4.31 Å². The maximum Gasteiger partial charge on any atom is 0.256 e. The average molecular weight is 431 g/mol. The van der Waals surface area contributed by atoms with Crippen LogP contribution in [0.15, 0.2) is 71.9 Å². The molecule has 2 heterocycles. The summed E-state index contributed by atoms with van der Waals surface area (Å²) in [6.45, 7) is 0.529. The molecule has 0 radical (unpaired) electrons. The molecule has 0 spiro atoms. The number of aromatic nitrogens is 1. The standard InChI is InChI=1S/C21H19F2N3O3S/c22-16-3-6-18(7-4-16)30(28,29)26-13-11-25(12-14-26)21(27)19-15-17(23)5-8-20(19)24-9-1-2-10-24/h1-10,15H,11-14H2. The summed E-state index contributed by atoms with van der Waals surface area (Å²) in [5.74, 6) is -1.40. The molecule has 9 heteroatoms. The van der Waals surface area contributed by atoms with E-state index in [4.69, 9.17) is 0 Å². The molecule has 0 aliphatic carbocycles. The first-order valence-electron chi connectivity index (χ1n) is 9.34. The number of benzene rings is 2. The fraction of sp³-hybridized carbons (Fsp3) is 0.190. The molecule has 0 atom stereocenters. The summed E-state index contributed by atoms with van der Waals surface area (Å²) >= 11 is 0. The number of nitrogens with zero attached hydrogens (tertiary/aromatic N) is 3. The SMILES string of the molecule is O=C(c1cc(F)ccc1-n1cccc1)N1CCN(S(=O)(=O)c2ccc(F)cc2)CC1. The number of carbonyl (C=O) groups excluding carboxylic acids is 1. The molecule has 0 bridgehead atoms. The van der Waals surface area contributed by atoms with Gasteiger partial charge in [0.05, 0.1) is 16.1 Å². The Hall–Kier alpha value is -3.04. The van der Waals surface area contributed by atoms with Gasteiger partial charge in [0.1, 0.15) is 11.6 Å². The molecular weight excluding hydrogens is 412 g/mol. The summed E-state index contributed by atoms with van der Waals surface area (Å²) in [4.78, 5) is 14.6. The van der Waals surface area contributed by atoms with Crippen LogP contribution in [0.5, 0.6) is 0 Å². The van der Waals surface area contributed by atoms with Crippen molar-refractivity contribution in [3.63, 3.8) is 0 Å². The highest BCUT2D eigenvalue weighted by Crippen LogP contribution is 2.22. The number of halogens is 2. The van der Waals surface area contributed by atoms with Crippen molar-refractivity contribution >= 4 is 15.9 Å². The molecule has 0 N–H and O–H groups in total. The van der Waals surface area contributed by atoms with E-state index in [1.807, 2.05) is 0 Å². The van der Waals surface area contributed by atoms with Crippen molar-refractivity contribution in [2.24, 2.45) is 0 Å². The van der Waals surface area contributed by atoms with Gasteiger partial charge in [-0.3, -0.25) is 4.79 Å². The lowest BCUT2D eigenvalue weighted by Crippen LogP contribution is -2.50. The van der Waals surface area contributed by atoms with Gasteiger partial charge in [0, 0.05) is 38.6 Å². The van der Waals surface area contributed by atoms with Crippen molar-refractivity contribution < 1.29 is 22.0 Å². The van der Waals surface area contributed by atoms with E-state index in [1.165, 1.54) is 39.5 Å². The maximum atomic E-state index is 13.9. The Morgan fingerprint density at radius 2 is 1.43 bits per heavy atom. The van der Waals surface area contributed by atoms with Crippen LogP contribution < -0.4 is 0 Å². The molecule has 4 rings (SSSR count). The Bertz CT molecular complexity index is 1150. The lowest BCUT2D eigenvalue weighted by molar-refractivity contribution is 0.0697. The Labute approximate surface area is 173 Å². The summed E-state index contributed by atoms with van der Waals surface area (Å²) in [7, 11) is -3.78. The molecule has 1 saturated heterocycles. The van der Waals surface area contributed by atoms with Gasteiger partial charge in [-0.05, 0) is 54.6 Å². The molecule has 0 saturated carbocycles. The first-order chi connectivity index (χ1) is 14.4. The zero-order valence-corrected chi connectivity index (χ0v) is 16.7. The van der Waals surface area contributed by atoms with Crippen molar-refractivity contribution in [2.45, 2.75) is 4.90 Å². The summed E-state index contributed by atoms with van der Waals surface area (Å²) in [6, 6.07) is 12.3. The predicted molar refractivity (Wildman–Crippen MR) is 107 cm³/mol. The number of rotatable bonds is 4. The van der Waals surface area contributed by atoms with Gasteiger partial charge in [0.2, 0.25) is 10.0 Å². The molecule has 2 aromatic carbocycles. The third-order valence-electron chi connectivity index (χ3n) is 5.05. The fourth-order valence-electron chi connectivity index (χ4n) is 3.46. The van der Waals surface area contributed by atoms with Gasteiger partial charge in [-0.15, -0.1) is 0 Å². The molecule has 1 fully saturated rings. The van der Waals surface area contributed by atoms with Gasteiger partial charge in [0.15, 0.2) is 0 Å². The summed E-state index contributed by atoms with van der Waals surface area (Å²) in [5.41, 5.74) is 0.758. The first kappa shape index (κ1) is 20.2. The van der Waals surface area contributed by atoms with E-state index in [9.17, 15) is 22.0 Å².